The average molecular weight is 273 g/mol. The van der Waals surface area contributed by atoms with Gasteiger partial charge in [-0.3, -0.25) is 4.79 Å². The molecule has 1 aromatic rings. The third-order valence-corrected chi connectivity index (χ3v) is 3.26. The molecule has 1 unspecified atom stereocenters. The summed E-state index contributed by atoms with van der Waals surface area (Å²) in [4.78, 5) is 11.5. The van der Waals surface area contributed by atoms with Crippen LogP contribution in [0.4, 0.5) is 10.1 Å². The molecule has 4 nitrogen and oxygen atoms in total. The molecule has 0 aliphatic heterocycles. The molecule has 0 fully saturated rings. The van der Waals surface area contributed by atoms with Crippen molar-refractivity contribution in [3.63, 3.8) is 0 Å². The maximum absolute atomic E-state index is 13.2. The zero-order valence-corrected chi connectivity index (χ0v) is 10.6. The number of amides is 1. The molecular weight excluding hydrogens is 257 g/mol. The maximum Gasteiger partial charge on any atom is 0.225 e. The number of carbonyl (C=O) groups excluding carboxylic acids is 1. The number of hydrogen-bond acceptors (Lipinski definition) is 4. The number of halogens is 1. The number of thioether (sulfide) groups is 1. The monoisotopic (exact) mass is 273 g/mol. The topological polar surface area (TPSA) is 69.6 Å². The smallest absolute Gasteiger partial charge is 0.225 e. The van der Waals surface area contributed by atoms with Crippen LogP contribution in [-0.2, 0) is 4.79 Å². The lowest BCUT2D eigenvalue weighted by Crippen LogP contribution is -2.17. The lowest BCUT2D eigenvalue weighted by molar-refractivity contribution is -0.115. The second kappa shape index (κ2) is 8.07. The first kappa shape index (κ1) is 14.9. The molecule has 0 spiro atoms. The van der Waals surface area contributed by atoms with Crippen molar-refractivity contribution in [1.82, 2.24) is 0 Å². The fraction of sp³-hybridized carbons (Fsp3) is 0.417. The van der Waals surface area contributed by atoms with Crippen LogP contribution in [0.5, 0.6) is 0 Å². The summed E-state index contributed by atoms with van der Waals surface area (Å²) in [6.45, 7) is -0.283. The van der Waals surface area contributed by atoms with Gasteiger partial charge >= 0.3 is 0 Å². The van der Waals surface area contributed by atoms with Gasteiger partial charge in [0.25, 0.3) is 0 Å². The lowest BCUT2D eigenvalue weighted by atomic mass is 10.3. The summed E-state index contributed by atoms with van der Waals surface area (Å²) >= 11 is 1.36. The molecule has 1 rings (SSSR count). The Hall–Kier alpha value is -1.11. The Bertz CT molecular complexity index is 389. The van der Waals surface area contributed by atoms with Crippen LogP contribution >= 0.6 is 11.8 Å². The first-order valence-electron chi connectivity index (χ1n) is 5.54. The highest BCUT2D eigenvalue weighted by Crippen LogP contribution is 2.13. The molecule has 6 heteroatoms. The molecule has 1 atom stereocenters. The lowest BCUT2D eigenvalue weighted by Gasteiger charge is -2.07. The number of aliphatic hydroxyl groups excluding tert-OH is 2. The SMILES string of the molecule is O=C(CCSCC(O)CO)Nc1ccccc1F. The fourth-order valence-corrected chi connectivity index (χ4v) is 2.09. The Kier molecular flexibility index (Phi) is 6.70. The minimum atomic E-state index is -0.760. The predicted molar refractivity (Wildman–Crippen MR) is 70.1 cm³/mol. The zero-order valence-electron chi connectivity index (χ0n) is 9.80. The number of hydrogen-bond donors (Lipinski definition) is 3. The van der Waals surface area contributed by atoms with Crippen molar-refractivity contribution in [2.45, 2.75) is 12.5 Å². The minimum Gasteiger partial charge on any atom is -0.394 e. The van der Waals surface area contributed by atoms with Gasteiger partial charge in [-0.2, -0.15) is 11.8 Å². The highest BCUT2D eigenvalue weighted by Gasteiger charge is 2.07. The highest BCUT2D eigenvalue weighted by molar-refractivity contribution is 7.99. The summed E-state index contributed by atoms with van der Waals surface area (Å²) in [5, 5.41) is 20.1. The number of aliphatic hydroxyl groups is 2. The zero-order chi connectivity index (χ0) is 13.4. The van der Waals surface area contributed by atoms with Gasteiger partial charge in [-0.25, -0.2) is 4.39 Å². The van der Waals surface area contributed by atoms with Crippen LogP contribution in [0.2, 0.25) is 0 Å². The van der Waals surface area contributed by atoms with Crippen molar-refractivity contribution in [3.05, 3.63) is 30.1 Å². The largest absolute Gasteiger partial charge is 0.394 e. The molecular formula is C12H16FNO3S. The summed E-state index contributed by atoms with van der Waals surface area (Å²) in [5.41, 5.74) is 0.169. The Morgan fingerprint density at radius 1 is 1.44 bits per heavy atom. The van der Waals surface area contributed by atoms with E-state index in [2.05, 4.69) is 5.32 Å². The van der Waals surface area contributed by atoms with Crippen molar-refractivity contribution in [3.8, 4) is 0 Å². The second-order valence-corrected chi connectivity index (χ2v) is 4.84. The van der Waals surface area contributed by atoms with Crippen molar-refractivity contribution in [2.75, 3.05) is 23.4 Å². The first-order chi connectivity index (χ1) is 8.63. The van der Waals surface area contributed by atoms with Crippen LogP contribution in [0.25, 0.3) is 0 Å². The average Bonchev–Trinajstić information content (AvgIpc) is 2.37. The summed E-state index contributed by atoms with van der Waals surface area (Å²) < 4.78 is 13.2. The molecule has 0 aromatic heterocycles. The number of rotatable bonds is 7. The normalized spacial score (nSPS) is 12.2. The van der Waals surface area contributed by atoms with E-state index in [1.807, 2.05) is 0 Å². The molecule has 0 bridgehead atoms. The van der Waals surface area contributed by atoms with E-state index in [9.17, 15) is 9.18 Å². The third kappa shape index (κ3) is 5.48. The van der Waals surface area contributed by atoms with Crippen molar-refractivity contribution in [2.24, 2.45) is 0 Å². The van der Waals surface area contributed by atoms with E-state index >= 15 is 0 Å². The Morgan fingerprint density at radius 3 is 2.83 bits per heavy atom. The number of nitrogens with one attached hydrogen (secondary N) is 1. The summed E-state index contributed by atoms with van der Waals surface area (Å²) in [6, 6.07) is 5.97. The molecule has 0 saturated heterocycles. The van der Waals surface area contributed by atoms with Gasteiger partial charge < -0.3 is 15.5 Å². The van der Waals surface area contributed by atoms with Gasteiger partial charge in [0.15, 0.2) is 0 Å². The van der Waals surface area contributed by atoms with Gasteiger partial charge in [-0.1, -0.05) is 12.1 Å². The fourth-order valence-electron chi connectivity index (χ4n) is 1.21. The molecule has 100 valence electrons. The minimum absolute atomic E-state index is 0.169. The van der Waals surface area contributed by atoms with E-state index in [0.717, 1.165) is 0 Å². The van der Waals surface area contributed by atoms with Crippen LogP contribution in [0.3, 0.4) is 0 Å². The summed E-state index contributed by atoms with van der Waals surface area (Å²) in [7, 11) is 0. The van der Waals surface area contributed by atoms with Crippen molar-refractivity contribution in [1.29, 1.82) is 0 Å². The molecule has 0 saturated carbocycles. The Labute approximate surface area is 109 Å². The Balaban J connectivity index is 2.24. The van der Waals surface area contributed by atoms with E-state index in [-0.39, 0.29) is 24.6 Å². The van der Waals surface area contributed by atoms with E-state index in [4.69, 9.17) is 10.2 Å². The van der Waals surface area contributed by atoms with Crippen LogP contribution in [0.1, 0.15) is 6.42 Å². The van der Waals surface area contributed by atoms with Crippen molar-refractivity contribution < 1.29 is 19.4 Å². The maximum atomic E-state index is 13.2. The molecule has 18 heavy (non-hydrogen) atoms. The molecule has 0 aliphatic rings. The van der Waals surface area contributed by atoms with Gasteiger partial charge in [0, 0.05) is 17.9 Å². The summed E-state index contributed by atoms with van der Waals surface area (Å²) in [6.07, 6.45) is -0.526. The van der Waals surface area contributed by atoms with E-state index < -0.39 is 11.9 Å². The van der Waals surface area contributed by atoms with Crippen LogP contribution < -0.4 is 5.32 Å². The Morgan fingerprint density at radius 2 is 2.17 bits per heavy atom. The molecule has 3 N–H and O–H groups in total. The van der Waals surface area contributed by atoms with Crippen LogP contribution in [0, 0.1) is 5.82 Å². The van der Waals surface area contributed by atoms with Gasteiger partial charge in [0.2, 0.25) is 5.91 Å². The van der Waals surface area contributed by atoms with Gasteiger partial charge in [-0.05, 0) is 12.1 Å². The van der Waals surface area contributed by atoms with Crippen molar-refractivity contribution >= 4 is 23.4 Å². The number of anilines is 1. The van der Waals surface area contributed by atoms with E-state index in [0.29, 0.717) is 11.5 Å². The number of carbonyl (C=O) groups is 1. The van der Waals surface area contributed by atoms with Crippen LogP contribution in [0.15, 0.2) is 24.3 Å². The predicted octanol–water partition coefficient (Wildman–Crippen LogP) is 1.24. The van der Waals surface area contributed by atoms with E-state index in [1.165, 1.54) is 23.9 Å². The summed E-state index contributed by atoms with van der Waals surface area (Å²) in [5.74, 6) is 0.154. The number of benzene rings is 1. The van der Waals surface area contributed by atoms with E-state index in [1.54, 1.807) is 12.1 Å². The third-order valence-electron chi connectivity index (χ3n) is 2.14. The quantitative estimate of drug-likeness (QED) is 0.654. The van der Waals surface area contributed by atoms with Gasteiger partial charge in [0.05, 0.1) is 18.4 Å². The highest BCUT2D eigenvalue weighted by atomic mass is 32.2. The number of para-hydroxylation sites is 1. The second-order valence-electron chi connectivity index (χ2n) is 3.69. The molecule has 1 amide bonds. The molecule has 0 aliphatic carbocycles. The molecule has 0 heterocycles. The molecule has 0 radical (unpaired) electrons. The first-order valence-corrected chi connectivity index (χ1v) is 6.70. The van der Waals surface area contributed by atoms with Crippen LogP contribution in [-0.4, -0.2) is 40.3 Å². The van der Waals surface area contributed by atoms with Gasteiger partial charge in [-0.15, -0.1) is 0 Å². The standard InChI is InChI=1S/C12H16FNO3S/c13-10-3-1-2-4-11(10)14-12(17)5-6-18-8-9(16)7-15/h1-4,9,15-16H,5-8H2,(H,14,17). The van der Waals surface area contributed by atoms with Gasteiger partial charge in [0.1, 0.15) is 5.82 Å². The molecule has 1 aromatic carbocycles.